The van der Waals surface area contributed by atoms with Crippen molar-refractivity contribution in [1.82, 2.24) is 9.97 Å². The van der Waals surface area contributed by atoms with Crippen molar-refractivity contribution in [3.05, 3.63) is 97.1 Å². The zero-order chi connectivity index (χ0) is 19.4. The van der Waals surface area contributed by atoms with Gasteiger partial charge in [0.25, 0.3) is 10.0 Å². The number of aromatic nitrogens is 2. The Morgan fingerprint density at radius 1 is 0.643 bits per heavy atom. The van der Waals surface area contributed by atoms with Gasteiger partial charge in [0.2, 0.25) is 0 Å². The van der Waals surface area contributed by atoms with Gasteiger partial charge in [0.1, 0.15) is 5.82 Å². The minimum Gasteiger partial charge on any atom is -0.263 e. The average Bonchev–Trinajstić information content (AvgIpc) is 2.75. The number of hydrogen-bond donors (Lipinski definition) is 1. The van der Waals surface area contributed by atoms with Crippen LogP contribution in [0.15, 0.2) is 102 Å². The van der Waals surface area contributed by atoms with Crippen LogP contribution in [0.4, 0.5) is 5.82 Å². The molecule has 4 rings (SSSR count). The Hall–Kier alpha value is -3.51. The van der Waals surface area contributed by atoms with E-state index in [9.17, 15) is 8.42 Å². The van der Waals surface area contributed by atoms with Gasteiger partial charge in [0.15, 0.2) is 5.82 Å². The van der Waals surface area contributed by atoms with Crippen LogP contribution in [0, 0.1) is 0 Å². The van der Waals surface area contributed by atoms with E-state index in [1.54, 1.807) is 36.4 Å². The molecule has 1 heterocycles. The van der Waals surface area contributed by atoms with E-state index in [0.29, 0.717) is 11.5 Å². The fraction of sp³-hybridized carbons (Fsp3) is 0. The van der Waals surface area contributed by atoms with Crippen LogP contribution in [0.25, 0.3) is 22.6 Å². The molecule has 0 aliphatic heterocycles. The average molecular weight is 387 g/mol. The molecule has 28 heavy (non-hydrogen) atoms. The summed E-state index contributed by atoms with van der Waals surface area (Å²) in [6.07, 6.45) is 0. The lowest BCUT2D eigenvalue weighted by atomic mass is 10.1. The van der Waals surface area contributed by atoms with Crippen LogP contribution in [-0.4, -0.2) is 18.4 Å². The second-order valence-corrected chi connectivity index (χ2v) is 7.80. The number of sulfonamides is 1. The van der Waals surface area contributed by atoms with Crippen LogP contribution in [0.3, 0.4) is 0 Å². The summed E-state index contributed by atoms with van der Waals surface area (Å²) in [5, 5.41) is 0. The lowest BCUT2D eigenvalue weighted by Crippen LogP contribution is -2.14. The van der Waals surface area contributed by atoms with E-state index >= 15 is 0 Å². The number of benzene rings is 3. The van der Waals surface area contributed by atoms with Gasteiger partial charge >= 0.3 is 0 Å². The summed E-state index contributed by atoms with van der Waals surface area (Å²) in [5.41, 5.74) is 2.32. The first-order valence-corrected chi connectivity index (χ1v) is 10.2. The molecule has 4 aromatic rings. The molecule has 0 spiro atoms. The molecule has 0 atom stereocenters. The zero-order valence-corrected chi connectivity index (χ0v) is 15.7. The van der Waals surface area contributed by atoms with E-state index in [0.717, 1.165) is 11.1 Å². The van der Waals surface area contributed by atoms with Gasteiger partial charge in [-0.1, -0.05) is 78.9 Å². The van der Waals surface area contributed by atoms with Crippen molar-refractivity contribution in [2.45, 2.75) is 4.90 Å². The van der Waals surface area contributed by atoms with Crippen LogP contribution in [0.2, 0.25) is 0 Å². The van der Waals surface area contributed by atoms with Crippen LogP contribution < -0.4 is 4.72 Å². The topological polar surface area (TPSA) is 72.0 Å². The van der Waals surface area contributed by atoms with Crippen LogP contribution in [-0.2, 0) is 10.0 Å². The fourth-order valence-corrected chi connectivity index (χ4v) is 3.78. The molecule has 0 fully saturated rings. The van der Waals surface area contributed by atoms with Crippen LogP contribution >= 0.6 is 0 Å². The summed E-state index contributed by atoms with van der Waals surface area (Å²) >= 11 is 0. The summed E-state index contributed by atoms with van der Waals surface area (Å²) in [4.78, 5) is 9.25. The first kappa shape index (κ1) is 17.9. The van der Waals surface area contributed by atoms with E-state index in [2.05, 4.69) is 14.7 Å². The summed E-state index contributed by atoms with van der Waals surface area (Å²) in [6, 6.07) is 28.9. The third-order valence-corrected chi connectivity index (χ3v) is 5.49. The van der Waals surface area contributed by atoms with Gasteiger partial charge in [-0.05, 0) is 12.1 Å². The smallest absolute Gasteiger partial charge is 0.263 e. The zero-order valence-electron chi connectivity index (χ0n) is 14.9. The molecule has 1 N–H and O–H groups in total. The Kier molecular flexibility index (Phi) is 4.87. The summed E-state index contributed by atoms with van der Waals surface area (Å²) in [7, 11) is -3.75. The Bertz CT molecular complexity index is 1120. The first-order chi connectivity index (χ1) is 13.6. The van der Waals surface area contributed by atoms with Gasteiger partial charge in [0.05, 0.1) is 10.6 Å². The standard InChI is InChI=1S/C22H17N3O2S/c26-28(27,19-14-8-3-9-15-19)25-21-16-20(17-10-4-1-5-11-17)23-22(24-21)18-12-6-2-7-13-18/h1-16H,(H,23,24,25). The Morgan fingerprint density at radius 2 is 1.18 bits per heavy atom. The first-order valence-electron chi connectivity index (χ1n) is 8.70. The monoisotopic (exact) mass is 387 g/mol. The molecule has 6 heteroatoms. The molecule has 138 valence electrons. The third-order valence-electron chi connectivity index (χ3n) is 4.12. The van der Waals surface area contributed by atoms with Crippen molar-refractivity contribution in [2.24, 2.45) is 0 Å². The predicted octanol–water partition coefficient (Wildman–Crippen LogP) is 4.61. The molecule has 0 amide bonds. The molecule has 5 nitrogen and oxygen atoms in total. The summed E-state index contributed by atoms with van der Waals surface area (Å²) in [6.45, 7) is 0. The minimum absolute atomic E-state index is 0.177. The molecule has 0 aliphatic carbocycles. The van der Waals surface area contributed by atoms with Gasteiger partial charge < -0.3 is 0 Å². The van der Waals surface area contributed by atoms with Gasteiger partial charge in [-0.25, -0.2) is 18.4 Å². The van der Waals surface area contributed by atoms with E-state index in [-0.39, 0.29) is 10.7 Å². The number of nitrogens with one attached hydrogen (secondary N) is 1. The van der Waals surface area contributed by atoms with Crippen molar-refractivity contribution in [2.75, 3.05) is 4.72 Å². The van der Waals surface area contributed by atoms with E-state index < -0.39 is 10.0 Å². The SMILES string of the molecule is O=S(=O)(Nc1cc(-c2ccccc2)nc(-c2ccccc2)n1)c1ccccc1. The molecule has 0 radical (unpaired) electrons. The Morgan fingerprint density at radius 3 is 1.79 bits per heavy atom. The number of nitrogens with zero attached hydrogens (tertiary/aromatic N) is 2. The van der Waals surface area contributed by atoms with Crippen LogP contribution in [0.5, 0.6) is 0 Å². The van der Waals surface area contributed by atoms with Crippen molar-refractivity contribution < 1.29 is 8.42 Å². The van der Waals surface area contributed by atoms with E-state index in [4.69, 9.17) is 0 Å². The van der Waals surface area contributed by atoms with Gasteiger partial charge in [-0.15, -0.1) is 0 Å². The highest BCUT2D eigenvalue weighted by atomic mass is 32.2. The molecule has 0 aliphatic rings. The highest BCUT2D eigenvalue weighted by Crippen LogP contribution is 2.25. The number of rotatable bonds is 5. The highest BCUT2D eigenvalue weighted by molar-refractivity contribution is 7.92. The largest absolute Gasteiger partial charge is 0.263 e. The molecule has 0 saturated carbocycles. The number of anilines is 1. The van der Waals surface area contributed by atoms with Gasteiger partial charge in [0, 0.05) is 17.2 Å². The van der Waals surface area contributed by atoms with Crippen molar-refractivity contribution in [3.63, 3.8) is 0 Å². The van der Waals surface area contributed by atoms with E-state index in [1.165, 1.54) is 0 Å². The highest BCUT2D eigenvalue weighted by Gasteiger charge is 2.16. The maximum absolute atomic E-state index is 12.7. The summed E-state index contributed by atoms with van der Waals surface area (Å²) < 4.78 is 28.0. The molecule has 3 aromatic carbocycles. The minimum atomic E-state index is -3.75. The molecule has 0 unspecified atom stereocenters. The Labute approximate surface area is 163 Å². The van der Waals surface area contributed by atoms with Gasteiger partial charge in [-0.2, -0.15) is 0 Å². The predicted molar refractivity (Wildman–Crippen MR) is 110 cm³/mol. The second-order valence-electron chi connectivity index (χ2n) is 6.11. The van der Waals surface area contributed by atoms with Crippen molar-refractivity contribution in [1.29, 1.82) is 0 Å². The molecular formula is C22H17N3O2S. The fourth-order valence-electron chi connectivity index (χ4n) is 2.77. The van der Waals surface area contributed by atoms with Crippen LogP contribution in [0.1, 0.15) is 0 Å². The maximum atomic E-state index is 12.7. The quantitative estimate of drug-likeness (QED) is 0.543. The molecule has 0 saturated heterocycles. The second kappa shape index (κ2) is 7.62. The summed E-state index contributed by atoms with van der Waals surface area (Å²) in [5.74, 6) is 0.671. The third kappa shape index (κ3) is 3.92. The maximum Gasteiger partial charge on any atom is 0.263 e. The van der Waals surface area contributed by atoms with E-state index in [1.807, 2.05) is 60.7 Å². The lowest BCUT2D eigenvalue weighted by Gasteiger charge is -2.11. The molecular weight excluding hydrogens is 370 g/mol. The number of hydrogen-bond acceptors (Lipinski definition) is 4. The lowest BCUT2D eigenvalue weighted by molar-refractivity contribution is 0.601. The molecule has 0 bridgehead atoms. The molecule has 1 aromatic heterocycles. The normalized spacial score (nSPS) is 11.1. The Balaban J connectivity index is 1.81. The van der Waals surface area contributed by atoms with Crippen molar-refractivity contribution in [3.8, 4) is 22.6 Å². The van der Waals surface area contributed by atoms with Crippen molar-refractivity contribution >= 4 is 15.8 Å². The van der Waals surface area contributed by atoms with Gasteiger partial charge in [-0.3, -0.25) is 4.72 Å².